The summed E-state index contributed by atoms with van der Waals surface area (Å²) in [6.07, 6.45) is 1.54. The molecule has 0 aliphatic heterocycles. The van der Waals surface area contributed by atoms with E-state index in [4.69, 9.17) is 5.11 Å². The van der Waals surface area contributed by atoms with Crippen molar-refractivity contribution >= 4 is 27.0 Å². The van der Waals surface area contributed by atoms with E-state index in [9.17, 15) is 9.18 Å². The maximum Gasteiger partial charge on any atom is 0.269 e. The van der Waals surface area contributed by atoms with Crippen molar-refractivity contribution in [2.45, 2.75) is 6.54 Å². The van der Waals surface area contributed by atoms with Crippen molar-refractivity contribution < 1.29 is 9.50 Å². The second kappa shape index (κ2) is 7.05. The van der Waals surface area contributed by atoms with E-state index in [1.807, 2.05) is 0 Å². The summed E-state index contributed by atoms with van der Waals surface area (Å²) in [7, 11) is 0. The number of halogens is 2. The lowest BCUT2D eigenvalue weighted by molar-refractivity contribution is 0.270. The Morgan fingerprint density at radius 2 is 1.85 bits per heavy atom. The highest BCUT2D eigenvalue weighted by Gasteiger charge is 2.19. The van der Waals surface area contributed by atoms with Gasteiger partial charge in [0, 0.05) is 10.7 Å². The summed E-state index contributed by atoms with van der Waals surface area (Å²) < 4.78 is 18.2. The molecule has 4 aromatic rings. The molecular formula is C19H14BrFN4O2. The zero-order chi connectivity index (χ0) is 19.0. The molecule has 0 amide bonds. The number of aliphatic hydroxyl groups excluding tert-OH is 1. The maximum absolute atomic E-state index is 14.5. The Labute approximate surface area is 161 Å². The van der Waals surface area contributed by atoms with Crippen molar-refractivity contribution in [3.63, 3.8) is 0 Å². The lowest BCUT2D eigenvalue weighted by Gasteiger charge is -2.13. The van der Waals surface area contributed by atoms with Crippen molar-refractivity contribution in [3.8, 4) is 17.1 Å². The van der Waals surface area contributed by atoms with Crippen LogP contribution >= 0.6 is 15.9 Å². The van der Waals surface area contributed by atoms with Crippen LogP contribution < -0.4 is 5.56 Å². The minimum absolute atomic E-state index is 0.116. The predicted molar refractivity (Wildman–Crippen MR) is 103 cm³/mol. The van der Waals surface area contributed by atoms with Crippen LogP contribution in [0.3, 0.4) is 0 Å². The summed E-state index contributed by atoms with van der Waals surface area (Å²) in [5, 5.41) is 13.7. The quantitative estimate of drug-likeness (QED) is 0.541. The molecule has 0 unspecified atom stereocenters. The minimum atomic E-state index is -0.482. The van der Waals surface area contributed by atoms with Gasteiger partial charge in [0.05, 0.1) is 24.4 Å². The Bertz CT molecular complexity index is 1180. The minimum Gasteiger partial charge on any atom is -0.394 e. The number of rotatable bonds is 4. The number of hydrogen-bond donors (Lipinski definition) is 1. The third-order valence-electron chi connectivity index (χ3n) is 4.13. The molecule has 6 nitrogen and oxygen atoms in total. The second-order valence-electron chi connectivity index (χ2n) is 5.89. The molecule has 2 aromatic heterocycles. The zero-order valence-electron chi connectivity index (χ0n) is 14.0. The van der Waals surface area contributed by atoms with Crippen molar-refractivity contribution in [2.75, 3.05) is 6.61 Å². The van der Waals surface area contributed by atoms with E-state index in [-0.39, 0.29) is 35.7 Å². The van der Waals surface area contributed by atoms with Crippen LogP contribution in [0.1, 0.15) is 0 Å². The van der Waals surface area contributed by atoms with Crippen molar-refractivity contribution in [3.05, 3.63) is 75.4 Å². The molecule has 2 heterocycles. The highest BCUT2D eigenvalue weighted by molar-refractivity contribution is 9.10. The Hall–Kier alpha value is -2.84. The van der Waals surface area contributed by atoms with Gasteiger partial charge in [0.2, 0.25) is 0 Å². The fourth-order valence-electron chi connectivity index (χ4n) is 2.88. The number of fused-ring (bicyclic) bond motifs is 1. The van der Waals surface area contributed by atoms with Gasteiger partial charge in [0.1, 0.15) is 11.2 Å². The van der Waals surface area contributed by atoms with Gasteiger partial charge in [-0.15, -0.1) is 0 Å². The average molecular weight is 429 g/mol. The molecule has 4 rings (SSSR count). The lowest BCUT2D eigenvalue weighted by atomic mass is 10.1. The van der Waals surface area contributed by atoms with Crippen LogP contribution in [0.25, 0.3) is 28.1 Å². The number of benzene rings is 2. The molecule has 0 saturated heterocycles. The monoisotopic (exact) mass is 428 g/mol. The van der Waals surface area contributed by atoms with E-state index in [0.29, 0.717) is 11.1 Å². The van der Waals surface area contributed by atoms with E-state index in [1.54, 1.807) is 48.7 Å². The van der Waals surface area contributed by atoms with E-state index in [0.717, 1.165) is 4.47 Å². The molecule has 0 aliphatic carbocycles. The number of aromatic nitrogens is 4. The molecule has 2 aromatic carbocycles. The van der Waals surface area contributed by atoms with Crippen molar-refractivity contribution in [1.82, 2.24) is 19.3 Å². The van der Waals surface area contributed by atoms with Gasteiger partial charge in [-0.1, -0.05) is 28.1 Å². The molecule has 8 heteroatoms. The van der Waals surface area contributed by atoms with Gasteiger partial charge in [0.25, 0.3) is 5.56 Å². The van der Waals surface area contributed by atoms with Gasteiger partial charge >= 0.3 is 0 Å². The molecule has 1 N–H and O–H groups in total. The molecule has 0 atom stereocenters. The van der Waals surface area contributed by atoms with Gasteiger partial charge in [-0.2, -0.15) is 5.10 Å². The summed E-state index contributed by atoms with van der Waals surface area (Å²) in [6, 6.07) is 13.3. The molecule has 0 radical (unpaired) electrons. The third-order valence-corrected chi connectivity index (χ3v) is 4.66. The van der Waals surface area contributed by atoms with Crippen molar-refractivity contribution in [1.29, 1.82) is 0 Å². The Kier molecular flexibility index (Phi) is 4.59. The van der Waals surface area contributed by atoms with E-state index < -0.39 is 5.82 Å². The summed E-state index contributed by atoms with van der Waals surface area (Å²) in [5.41, 5.74) is 0.617. The van der Waals surface area contributed by atoms with Gasteiger partial charge in [-0.25, -0.2) is 9.37 Å². The summed E-state index contributed by atoms with van der Waals surface area (Å²) in [4.78, 5) is 17.7. The predicted octanol–water partition coefficient (Wildman–Crippen LogP) is 3.14. The molecule has 0 fully saturated rings. The first-order valence-corrected chi connectivity index (χ1v) is 8.99. The highest BCUT2D eigenvalue weighted by atomic mass is 79.9. The molecule has 0 bridgehead atoms. The lowest BCUT2D eigenvalue weighted by Crippen LogP contribution is -2.21. The van der Waals surface area contributed by atoms with E-state index in [1.165, 1.54) is 15.3 Å². The van der Waals surface area contributed by atoms with Crippen LogP contribution in [0.5, 0.6) is 0 Å². The summed E-state index contributed by atoms with van der Waals surface area (Å²) in [6.45, 7) is 0.123. The fourth-order valence-corrected chi connectivity index (χ4v) is 3.15. The first-order valence-electron chi connectivity index (χ1n) is 8.20. The van der Waals surface area contributed by atoms with Crippen LogP contribution in [0, 0.1) is 5.82 Å². The zero-order valence-corrected chi connectivity index (χ0v) is 15.6. The second-order valence-corrected chi connectivity index (χ2v) is 6.80. The average Bonchev–Trinajstić information content (AvgIpc) is 3.06. The van der Waals surface area contributed by atoms with Crippen LogP contribution in [-0.4, -0.2) is 31.0 Å². The first kappa shape index (κ1) is 17.6. The fraction of sp³-hybridized carbons (Fsp3) is 0.105. The molecule has 27 heavy (non-hydrogen) atoms. The van der Waals surface area contributed by atoms with Crippen LogP contribution in [-0.2, 0) is 6.54 Å². The van der Waals surface area contributed by atoms with Crippen LogP contribution in [0.15, 0.2) is 64.0 Å². The molecular weight excluding hydrogens is 415 g/mol. The smallest absolute Gasteiger partial charge is 0.269 e. The first-order chi connectivity index (χ1) is 13.1. The SMILES string of the molecule is O=c1c2cn(CCO)nc2nc(-c2ccccc2F)n1-c1ccc(Br)cc1. The van der Waals surface area contributed by atoms with Gasteiger partial charge < -0.3 is 5.11 Å². The third kappa shape index (κ3) is 3.17. The molecule has 136 valence electrons. The summed E-state index contributed by atoms with van der Waals surface area (Å²) >= 11 is 3.37. The number of nitrogens with zero attached hydrogens (tertiary/aromatic N) is 4. The Morgan fingerprint density at radius 1 is 1.11 bits per heavy atom. The number of aliphatic hydroxyl groups is 1. The largest absolute Gasteiger partial charge is 0.394 e. The topological polar surface area (TPSA) is 72.9 Å². The Morgan fingerprint density at radius 3 is 2.56 bits per heavy atom. The Balaban J connectivity index is 2.07. The van der Waals surface area contributed by atoms with Gasteiger partial charge in [0.15, 0.2) is 11.5 Å². The standard InChI is InChI=1S/C19H14BrFN4O2/c20-12-5-7-13(8-6-12)25-18(14-3-1-2-4-16(14)21)22-17-15(19(25)27)11-24(23-17)9-10-26/h1-8,11,26H,9-10H2. The van der Waals surface area contributed by atoms with E-state index in [2.05, 4.69) is 26.0 Å². The van der Waals surface area contributed by atoms with E-state index >= 15 is 0 Å². The number of hydrogen-bond acceptors (Lipinski definition) is 4. The van der Waals surface area contributed by atoms with Crippen molar-refractivity contribution in [2.24, 2.45) is 0 Å². The van der Waals surface area contributed by atoms with Crippen LogP contribution in [0.4, 0.5) is 4.39 Å². The van der Waals surface area contributed by atoms with Gasteiger partial charge in [-0.05, 0) is 36.4 Å². The molecule has 0 aliphatic rings. The summed E-state index contributed by atoms with van der Waals surface area (Å²) in [5.74, 6) is -0.313. The highest BCUT2D eigenvalue weighted by Crippen LogP contribution is 2.24. The molecule has 0 spiro atoms. The van der Waals surface area contributed by atoms with Crippen LogP contribution in [0.2, 0.25) is 0 Å². The van der Waals surface area contributed by atoms with Gasteiger partial charge in [-0.3, -0.25) is 14.0 Å². The molecule has 0 saturated carbocycles. The maximum atomic E-state index is 14.5. The normalized spacial score (nSPS) is 11.2.